The molecule has 2 heterocycles. The average Bonchev–Trinajstić information content (AvgIpc) is 2.73. The van der Waals surface area contributed by atoms with Crippen molar-refractivity contribution in [2.24, 2.45) is 0 Å². The third-order valence-corrected chi connectivity index (χ3v) is 5.48. The Bertz CT molecular complexity index is 1250. The first-order valence-electron chi connectivity index (χ1n) is 9.44. The number of likely N-dealkylation sites (N-methyl/N-ethyl adjacent to an activating group) is 1. The van der Waals surface area contributed by atoms with Gasteiger partial charge in [0.05, 0.1) is 29.7 Å². The number of urea groups is 1. The van der Waals surface area contributed by atoms with E-state index in [-0.39, 0.29) is 41.2 Å². The van der Waals surface area contributed by atoms with Gasteiger partial charge in [-0.1, -0.05) is 11.6 Å². The van der Waals surface area contributed by atoms with E-state index in [0.717, 1.165) is 18.2 Å². The molecule has 2 amide bonds. The highest BCUT2D eigenvalue weighted by Crippen LogP contribution is 2.34. The maximum Gasteiger partial charge on any atom is 0.322 e. The molecule has 31 heavy (non-hydrogen) atoms. The SMILES string of the molecule is CCN(C(=O)Nc1ccc(F)c(Cl)c1)[C@@H]1COCc2[nH]c(=O)c3cc(F)c(F)cc3c21. The van der Waals surface area contributed by atoms with Gasteiger partial charge in [-0.25, -0.2) is 18.0 Å². The number of aromatic nitrogens is 1. The van der Waals surface area contributed by atoms with Crippen molar-refractivity contribution in [2.45, 2.75) is 19.6 Å². The summed E-state index contributed by atoms with van der Waals surface area (Å²) in [5.74, 6) is -2.86. The summed E-state index contributed by atoms with van der Waals surface area (Å²) in [6.45, 7) is 2.11. The third-order valence-electron chi connectivity index (χ3n) is 5.19. The number of ether oxygens (including phenoxy) is 1. The molecule has 0 aliphatic carbocycles. The molecule has 162 valence electrons. The number of pyridine rings is 1. The average molecular weight is 452 g/mol. The van der Waals surface area contributed by atoms with Crippen molar-refractivity contribution < 1.29 is 22.7 Å². The highest BCUT2D eigenvalue weighted by atomic mass is 35.5. The lowest BCUT2D eigenvalue weighted by atomic mass is 9.95. The van der Waals surface area contributed by atoms with Crippen molar-refractivity contribution in [3.05, 3.63) is 74.4 Å². The van der Waals surface area contributed by atoms with Crippen LogP contribution in [0.4, 0.5) is 23.7 Å². The van der Waals surface area contributed by atoms with E-state index in [1.165, 1.54) is 17.0 Å². The number of hydrogen-bond donors (Lipinski definition) is 2. The van der Waals surface area contributed by atoms with Crippen LogP contribution in [0.3, 0.4) is 0 Å². The van der Waals surface area contributed by atoms with Crippen LogP contribution in [0, 0.1) is 17.5 Å². The van der Waals surface area contributed by atoms with Crippen LogP contribution in [-0.4, -0.2) is 29.1 Å². The second-order valence-electron chi connectivity index (χ2n) is 7.03. The van der Waals surface area contributed by atoms with Gasteiger partial charge in [-0.2, -0.15) is 0 Å². The summed E-state index contributed by atoms with van der Waals surface area (Å²) in [5, 5.41) is 2.69. The maximum atomic E-state index is 14.0. The predicted octanol–water partition coefficient (Wildman–Crippen LogP) is 4.72. The fourth-order valence-corrected chi connectivity index (χ4v) is 3.94. The van der Waals surface area contributed by atoms with Crippen molar-refractivity contribution in [3.63, 3.8) is 0 Å². The Kier molecular flexibility index (Phi) is 5.63. The van der Waals surface area contributed by atoms with E-state index in [9.17, 15) is 22.8 Å². The van der Waals surface area contributed by atoms with E-state index in [1.54, 1.807) is 6.92 Å². The number of nitrogens with zero attached hydrogens (tertiary/aromatic N) is 1. The normalized spacial score (nSPS) is 15.6. The highest BCUT2D eigenvalue weighted by Gasteiger charge is 2.32. The number of benzene rings is 2. The molecule has 2 N–H and O–H groups in total. The zero-order valence-corrected chi connectivity index (χ0v) is 17.0. The van der Waals surface area contributed by atoms with Crippen molar-refractivity contribution in [2.75, 3.05) is 18.5 Å². The Morgan fingerprint density at radius 1 is 1.19 bits per heavy atom. The van der Waals surface area contributed by atoms with E-state index < -0.39 is 35.1 Å². The van der Waals surface area contributed by atoms with Crippen LogP contribution < -0.4 is 10.9 Å². The van der Waals surface area contributed by atoms with Gasteiger partial charge >= 0.3 is 6.03 Å². The van der Waals surface area contributed by atoms with Gasteiger partial charge in [0, 0.05) is 23.5 Å². The predicted molar refractivity (Wildman–Crippen MR) is 110 cm³/mol. The number of H-pyrrole nitrogens is 1. The zero-order valence-electron chi connectivity index (χ0n) is 16.3. The molecule has 3 aromatic rings. The quantitative estimate of drug-likeness (QED) is 0.605. The van der Waals surface area contributed by atoms with Crippen LogP contribution in [0.15, 0.2) is 35.1 Å². The number of carbonyl (C=O) groups is 1. The summed E-state index contributed by atoms with van der Waals surface area (Å²) >= 11 is 5.77. The minimum absolute atomic E-state index is 0.0219. The van der Waals surface area contributed by atoms with E-state index in [0.29, 0.717) is 11.3 Å². The van der Waals surface area contributed by atoms with Crippen molar-refractivity contribution in [1.29, 1.82) is 0 Å². The van der Waals surface area contributed by atoms with Crippen LogP contribution in [0.2, 0.25) is 5.02 Å². The molecule has 1 aromatic heterocycles. The summed E-state index contributed by atoms with van der Waals surface area (Å²) in [6, 6.07) is 4.35. The number of rotatable bonds is 3. The van der Waals surface area contributed by atoms with Crippen molar-refractivity contribution >= 4 is 34.1 Å². The first-order valence-corrected chi connectivity index (χ1v) is 9.82. The Morgan fingerprint density at radius 2 is 1.90 bits per heavy atom. The van der Waals surface area contributed by atoms with Gasteiger partial charge in [-0.15, -0.1) is 0 Å². The summed E-state index contributed by atoms with van der Waals surface area (Å²) in [5.41, 5.74) is 0.571. The Morgan fingerprint density at radius 3 is 2.58 bits per heavy atom. The van der Waals surface area contributed by atoms with Gasteiger partial charge in [0.1, 0.15) is 5.82 Å². The van der Waals surface area contributed by atoms with E-state index in [4.69, 9.17) is 16.3 Å². The Hall–Kier alpha value is -3.04. The van der Waals surface area contributed by atoms with E-state index in [1.807, 2.05) is 0 Å². The molecule has 0 fully saturated rings. The molecule has 6 nitrogen and oxygen atoms in total. The largest absolute Gasteiger partial charge is 0.373 e. The number of aromatic amines is 1. The van der Waals surface area contributed by atoms with Crippen LogP contribution in [0.5, 0.6) is 0 Å². The van der Waals surface area contributed by atoms with Crippen LogP contribution in [-0.2, 0) is 11.3 Å². The Labute approximate surface area is 179 Å². The number of amides is 2. The standard InChI is InChI=1S/C21H17ClF3N3O3/c1-2-28(21(30)26-10-3-4-14(23)13(22)5-10)18-9-31-8-17-19(18)11-6-15(24)16(25)7-12(11)20(29)27-17/h3-7,18H,2,8-9H2,1H3,(H,26,30)(H,27,29)/t18-/m1/s1. The second kappa shape index (κ2) is 8.24. The number of halogens is 4. The first-order chi connectivity index (χ1) is 14.8. The summed E-state index contributed by atoms with van der Waals surface area (Å²) in [6.07, 6.45) is 0. The lowest BCUT2D eigenvalue weighted by Gasteiger charge is -2.35. The van der Waals surface area contributed by atoms with Crippen molar-refractivity contribution in [1.82, 2.24) is 9.88 Å². The molecule has 1 atom stereocenters. The van der Waals surface area contributed by atoms with Crippen LogP contribution in [0.25, 0.3) is 10.8 Å². The minimum Gasteiger partial charge on any atom is -0.373 e. The molecule has 0 spiro atoms. The fourth-order valence-electron chi connectivity index (χ4n) is 3.76. The molecule has 2 aromatic carbocycles. The minimum atomic E-state index is -1.14. The maximum absolute atomic E-state index is 14.0. The number of carbonyl (C=O) groups excluding carboxylic acids is 1. The molecular formula is C21H17ClF3N3O3. The topological polar surface area (TPSA) is 74.4 Å². The van der Waals surface area contributed by atoms with Crippen LogP contribution >= 0.6 is 11.6 Å². The van der Waals surface area contributed by atoms with Gasteiger partial charge in [0.2, 0.25) is 0 Å². The number of fused-ring (bicyclic) bond motifs is 3. The molecule has 10 heteroatoms. The number of hydrogen-bond acceptors (Lipinski definition) is 3. The monoisotopic (exact) mass is 451 g/mol. The second-order valence-corrected chi connectivity index (χ2v) is 7.44. The summed E-state index contributed by atoms with van der Waals surface area (Å²) in [4.78, 5) is 29.4. The molecule has 0 bridgehead atoms. The smallest absolute Gasteiger partial charge is 0.322 e. The number of nitrogens with one attached hydrogen (secondary N) is 2. The van der Waals surface area contributed by atoms with Gasteiger partial charge in [-0.3, -0.25) is 4.79 Å². The van der Waals surface area contributed by atoms with E-state index in [2.05, 4.69) is 10.3 Å². The van der Waals surface area contributed by atoms with Gasteiger partial charge in [0.15, 0.2) is 11.6 Å². The third kappa shape index (κ3) is 3.86. The molecule has 0 radical (unpaired) electrons. The molecule has 0 unspecified atom stereocenters. The fraction of sp³-hybridized carbons (Fsp3) is 0.238. The summed E-state index contributed by atoms with van der Waals surface area (Å²) < 4.78 is 46.7. The van der Waals surface area contributed by atoms with Gasteiger partial charge in [-0.05, 0) is 42.6 Å². The zero-order chi connectivity index (χ0) is 22.3. The van der Waals surface area contributed by atoms with Gasteiger partial charge in [0.25, 0.3) is 5.56 Å². The molecule has 4 rings (SSSR count). The highest BCUT2D eigenvalue weighted by molar-refractivity contribution is 6.31. The lowest BCUT2D eigenvalue weighted by Crippen LogP contribution is -2.42. The molecule has 1 aliphatic heterocycles. The molecule has 0 saturated carbocycles. The Balaban J connectivity index is 1.77. The lowest BCUT2D eigenvalue weighted by molar-refractivity contribution is 0.0471. The molecule has 0 saturated heterocycles. The van der Waals surface area contributed by atoms with Crippen molar-refractivity contribution in [3.8, 4) is 0 Å². The van der Waals surface area contributed by atoms with E-state index >= 15 is 0 Å². The first kappa shape index (κ1) is 21.2. The van der Waals surface area contributed by atoms with Gasteiger partial charge < -0.3 is 19.9 Å². The number of anilines is 1. The molecule has 1 aliphatic rings. The summed E-state index contributed by atoms with van der Waals surface area (Å²) in [7, 11) is 0. The van der Waals surface area contributed by atoms with Crippen LogP contribution in [0.1, 0.15) is 24.2 Å². The molecular weight excluding hydrogens is 435 g/mol.